The molecule has 3 heteroatoms. The summed E-state index contributed by atoms with van der Waals surface area (Å²) in [7, 11) is -2.58. The van der Waals surface area contributed by atoms with E-state index in [1.54, 1.807) is 12.1 Å². The zero-order valence-corrected chi connectivity index (χ0v) is 5.70. The van der Waals surface area contributed by atoms with Gasteiger partial charge >= 0.3 is 0 Å². The first kappa shape index (κ1) is 4.38. The van der Waals surface area contributed by atoms with Gasteiger partial charge in [0.25, 0.3) is 5.91 Å². The Kier molecular flexibility index (Phi) is 1.22. The van der Waals surface area contributed by atoms with Crippen LogP contribution in [0.15, 0.2) is 24.3 Å². The number of primary amides is 1. The summed E-state index contributed by atoms with van der Waals surface area (Å²) < 4.78 is 25.2. The molecule has 11 heavy (non-hydrogen) atoms. The van der Waals surface area contributed by atoms with E-state index in [1.165, 1.54) is 12.1 Å². The van der Waals surface area contributed by atoms with Crippen LogP contribution in [0.25, 0.3) is 0 Å². The van der Waals surface area contributed by atoms with Crippen molar-refractivity contribution in [1.82, 2.24) is 0 Å². The van der Waals surface area contributed by atoms with E-state index in [4.69, 9.17) is 9.85 Å². The zero-order chi connectivity index (χ0) is 10.8. The molecule has 0 aliphatic heterocycles. The Bertz CT molecular complexity index is 349. The molecule has 0 fully saturated rings. The summed E-state index contributed by atoms with van der Waals surface area (Å²) in [5.74, 6) is -0.746. The van der Waals surface area contributed by atoms with Crippen molar-refractivity contribution in [2.24, 2.45) is 5.73 Å². The highest BCUT2D eigenvalue weighted by atomic mass is 16.5. The molecular formula is C8H9NO2. The van der Waals surface area contributed by atoms with Crippen molar-refractivity contribution >= 4 is 5.91 Å². The van der Waals surface area contributed by atoms with Gasteiger partial charge in [-0.05, 0) is 12.1 Å². The highest BCUT2D eigenvalue weighted by Crippen LogP contribution is 2.15. The van der Waals surface area contributed by atoms with Crippen LogP contribution in [0.2, 0.25) is 0 Å². The van der Waals surface area contributed by atoms with Gasteiger partial charge in [-0.1, -0.05) is 12.1 Å². The number of nitrogens with two attached hydrogens (primary N) is 1. The maximum atomic E-state index is 10.9. The molecule has 0 saturated carbocycles. The minimum atomic E-state index is -2.58. The molecule has 0 saturated heterocycles. The molecule has 3 nitrogen and oxygen atoms in total. The quantitative estimate of drug-likeness (QED) is 0.684. The third-order valence-corrected chi connectivity index (χ3v) is 1.26. The molecule has 1 aromatic carbocycles. The average Bonchev–Trinajstić information content (AvgIpc) is 2.01. The molecule has 58 valence electrons. The van der Waals surface area contributed by atoms with Gasteiger partial charge < -0.3 is 10.5 Å². The molecule has 0 aliphatic carbocycles. The van der Waals surface area contributed by atoms with Crippen molar-refractivity contribution in [1.29, 1.82) is 0 Å². The van der Waals surface area contributed by atoms with Gasteiger partial charge in [-0.15, -0.1) is 0 Å². The standard InChI is InChI=1S/C8H9NO2/c1-11-7-5-3-2-4-6(7)8(9)10/h2-5H,1H3,(H2,9,10)/i1D3. The first-order valence-electron chi connectivity index (χ1n) is 4.48. The Balaban J connectivity index is 3.02. The van der Waals surface area contributed by atoms with Crippen molar-refractivity contribution in [3.05, 3.63) is 29.8 Å². The van der Waals surface area contributed by atoms with Crippen LogP contribution in [0.4, 0.5) is 0 Å². The monoisotopic (exact) mass is 154 g/mol. The lowest BCUT2D eigenvalue weighted by atomic mass is 10.2. The van der Waals surface area contributed by atoms with Crippen LogP contribution in [0, 0.1) is 0 Å². The largest absolute Gasteiger partial charge is 0.496 e. The highest BCUT2D eigenvalue weighted by Gasteiger charge is 2.05. The van der Waals surface area contributed by atoms with E-state index in [0.717, 1.165) is 0 Å². The highest BCUT2D eigenvalue weighted by molar-refractivity contribution is 5.95. The summed E-state index contributed by atoms with van der Waals surface area (Å²) in [6.45, 7) is 0. The van der Waals surface area contributed by atoms with E-state index in [1.807, 2.05) is 0 Å². The smallest absolute Gasteiger partial charge is 0.252 e. The van der Waals surface area contributed by atoms with E-state index in [9.17, 15) is 4.79 Å². The first-order valence-corrected chi connectivity index (χ1v) is 2.98. The summed E-state index contributed by atoms with van der Waals surface area (Å²) in [4.78, 5) is 10.9. The van der Waals surface area contributed by atoms with Crippen LogP contribution in [-0.2, 0) is 0 Å². The predicted molar refractivity (Wildman–Crippen MR) is 41.5 cm³/mol. The van der Waals surface area contributed by atoms with Crippen LogP contribution in [0.5, 0.6) is 5.75 Å². The zero-order valence-electron chi connectivity index (χ0n) is 8.70. The van der Waals surface area contributed by atoms with Crippen molar-refractivity contribution in [3.63, 3.8) is 0 Å². The molecular weight excluding hydrogens is 142 g/mol. The first-order chi connectivity index (χ1) is 6.40. The van der Waals surface area contributed by atoms with Crippen LogP contribution in [0.3, 0.4) is 0 Å². The molecule has 0 heterocycles. The Labute approximate surface area is 69.0 Å². The van der Waals surface area contributed by atoms with Gasteiger partial charge in [0.15, 0.2) is 0 Å². The third-order valence-electron chi connectivity index (χ3n) is 1.26. The summed E-state index contributed by atoms with van der Waals surface area (Å²) in [6.07, 6.45) is 0. The molecule has 0 spiro atoms. The molecule has 0 bridgehead atoms. The molecule has 2 N–H and O–H groups in total. The number of carbonyl (C=O) groups is 1. The number of carbonyl (C=O) groups excluding carboxylic acids is 1. The van der Waals surface area contributed by atoms with Gasteiger partial charge in [-0.25, -0.2) is 0 Å². The van der Waals surface area contributed by atoms with Crippen LogP contribution in [0.1, 0.15) is 14.5 Å². The van der Waals surface area contributed by atoms with Gasteiger partial charge in [0.2, 0.25) is 0 Å². The molecule has 0 radical (unpaired) electrons. The molecule has 0 aromatic heterocycles. The fourth-order valence-electron chi connectivity index (χ4n) is 0.759. The Morgan fingerprint density at radius 2 is 2.36 bits per heavy atom. The molecule has 1 amide bonds. The number of hydrogen-bond acceptors (Lipinski definition) is 2. The van der Waals surface area contributed by atoms with Gasteiger partial charge in [0.05, 0.1) is 16.7 Å². The minimum absolute atomic E-state index is 0.0278. The van der Waals surface area contributed by atoms with E-state index in [-0.39, 0.29) is 11.3 Å². The van der Waals surface area contributed by atoms with Crippen LogP contribution >= 0.6 is 0 Å². The predicted octanol–water partition coefficient (Wildman–Crippen LogP) is 0.794. The Morgan fingerprint density at radius 3 is 3.00 bits per heavy atom. The summed E-state index contributed by atoms with van der Waals surface area (Å²) in [6, 6.07) is 5.93. The Hall–Kier alpha value is -1.51. The number of methoxy groups -OCH3 is 1. The van der Waals surface area contributed by atoms with Crippen molar-refractivity contribution in [2.45, 2.75) is 0 Å². The van der Waals surface area contributed by atoms with Crippen molar-refractivity contribution in [2.75, 3.05) is 7.04 Å². The molecule has 0 atom stereocenters. The van der Waals surface area contributed by atoms with E-state index in [2.05, 4.69) is 4.74 Å². The van der Waals surface area contributed by atoms with Gasteiger partial charge in [0.1, 0.15) is 5.75 Å². The number of amides is 1. The maximum Gasteiger partial charge on any atom is 0.252 e. The summed E-state index contributed by atoms with van der Waals surface area (Å²) in [5, 5.41) is 0. The fourth-order valence-corrected chi connectivity index (χ4v) is 0.759. The second kappa shape index (κ2) is 3.05. The molecule has 1 rings (SSSR count). The van der Waals surface area contributed by atoms with Gasteiger partial charge in [0, 0.05) is 0 Å². The van der Waals surface area contributed by atoms with Crippen molar-refractivity contribution < 1.29 is 13.6 Å². The minimum Gasteiger partial charge on any atom is -0.496 e. The van der Waals surface area contributed by atoms with Crippen molar-refractivity contribution in [3.8, 4) is 5.75 Å². The third kappa shape index (κ3) is 1.49. The van der Waals surface area contributed by atoms with E-state index >= 15 is 0 Å². The second-order valence-corrected chi connectivity index (χ2v) is 1.96. The van der Waals surface area contributed by atoms with Gasteiger partial charge in [-0.3, -0.25) is 4.79 Å². The molecule has 0 aliphatic rings. The topological polar surface area (TPSA) is 52.3 Å². The van der Waals surface area contributed by atoms with Crippen LogP contribution in [-0.4, -0.2) is 12.9 Å². The lowest BCUT2D eigenvalue weighted by Gasteiger charge is -2.02. The number of hydrogen-bond donors (Lipinski definition) is 1. The lowest BCUT2D eigenvalue weighted by Crippen LogP contribution is -2.11. The normalized spacial score (nSPS) is 14.4. The number of rotatable bonds is 2. The number of ether oxygens (including phenoxy) is 1. The number of para-hydroxylation sites is 1. The molecule has 1 aromatic rings. The second-order valence-electron chi connectivity index (χ2n) is 1.96. The van der Waals surface area contributed by atoms with E-state index in [0.29, 0.717) is 0 Å². The summed E-state index contributed by atoms with van der Waals surface area (Å²) in [5.41, 5.74) is 5.09. The lowest BCUT2D eigenvalue weighted by molar-refractivity contribution is 0.0997. The number of benzene rings is 1. The van der Waals surface area contributed by atoms with Gasteiger partial charge in [-0.2, -0.15) is 0 Å². The molecule has 0 unspecified atom stereocenters. The maximum absolute atomic E-state index is 10.9. The average molecular weight is 154 g/mol. The summed E-state index contributed by atoms with van der Waals surface area (Å²) >= 11 is 0. The fraction of sp³-hybridized carbons (Fsp3) is 0.125. The Morgan fingerprint density at radius 1 is 1.64 bits per heavy atom. The van der Waals surface area contributed by atoms with E-state index < -0.39 is 12.9 Å². The van der Waals surface area contributed by atoms with Crippen LogP contribution < -0.4 is 10.5 Å². The SMILES string of the molecule is [2H]C([2H])([2H])Oc1ccccc1C(N)=O.